The van der Waals surface area contributed by atoms with E-state index in [1.54, 1.807) is 50.4 Å². The maximum absolute atomic E-state index is 13.5. The van der Waals surface area contributed by atoms with Gasteiger partial charge in [0.2, 0.25) is 5.88 Å². The average Bonchev–Trinajstić information content (AvgIpc) is 2.90. The van der Waals surface area contributed by atoms with Crippen LogP contribution in [0.2, 0.25) is 0 Å². The number of para-hydroxylation sites is 2. The molecule has 0 aliphatic carbocycles. The van der Waals surface area contributed by atoms with Crippen LogP contribution < -0.4 is 14.8 Å². The minimum absolute atomic E-state index is 0.163. The van der Waals surface area contributed by atoms with Crippen LogP contribution in [0.25, 0.3) is 0 Å². The topological polar surface area (TPSA) is 107 Å². The number of rotatable bonds is 7. The van der Waals surface area contributed by atoms with Crippen LogP contribution in [0.15, 0.2) is 36.5 Å². The van der Waals surface area contributed by atoms with E-state index in [1.165, 1.54) is 4.90 Å². The molecule has 38 heavy (non-hydrogen) atoms. The van der Waals surface area contributed by atoms with Gasteiger partial charge in [-0.1, -0.05) is 30.9 Å². The molecule has 0 bridgehead atoms. The number of anilines is 1. The number of aromatic nitrogens is 1. The van der Waals surface area contributed by atoms with Gasteiger partial charge in [0.05, 0.1) is 38.5 Å². The molecular weight excluding hydrogens is 486 g/mol. The zero-order valence-corrected chi connectivity index (χ0v) is 22.9. The van der Waals surface area contributed by atoms with Gasteiger partial charge in [-0.25, -0.2) is 9.78 Å². The lowest BCUT2D eigenvalue weighted by Crippen LogP contribution is -2.50. The lowest BCUT2D eigenvalue weighted by atomic mass is 10.00. The molecule has 1 aliphatic heterocycles. The van der Waals surface area contributed by atoms with E-state index in [9.17, 15) is 14.7 Å². The van der Waals surface area contributed by atoms with Gasteiger partial charge in [-0.2, -0.15) is 0 Å². The number of hydrogen-bond donors (Lipinski definition) is 2. The summed E-state index contributed by atoms with van der Waals surface area (Å²) in [6.07, 6.45) is 1.11. The second kappa shape index (κ2) is 13.1. The van der Waals surface area contributed by atoms with Gasteiger partial charge >= 0.3 is 6.03 Å². The number of ether oxygens (including phenoxy) is 2. The highest BCUT2D eigenvalue weighted by Gasteiger charge is 2.34. The van der Waals surface area contributed by atoms with E-state index in [0.29, 0.717) is 30.1 Å². The molecule has 10 nitrogen and oxygen atoms in total. The minimum atomic E-state index is -0.471. The first-order valence-corrected chi connectivity index (χ1v) is 12.5. The number of urea groups is 1. The molecule has 2 heterocycles. The van der Waals surface area contributed by atoms with Crippen molar-refractivity contribution >= 4 is 17.6 Å². The number of amides is 3. The Bertz CT molecular complexity index is 1190. The zero-order chi connectivity index (χ0) is 27.8. The fraction of sp³-hybridized carbons (Fsp3) is 0.464. The van der Waals surface area contributed by atoms with Crippen molar-refractivity contribution in [3.05, 3.63) is 47.7 Å². The molecule has 1 aromatic heterocycles. The zero-order valence-electron chi connectivity index (χ0n) is 22.9. The molecule has 0 spiro atoms. The van der Waals surface area contributed by atoms with E-state index >= 15 is 0 Å². The fourth-order valence-electron chi connectivity index (χ4n) is 4.00. The van der Waals surface area contributed by atoms with E-state index in [4.69, 9.17) is 9.47 Å². The normalized spacial score (nSPS) is 17.8. The lowest BCUT2D eigenvalue weighted by Gasteiger charge is -2.37. The number of benzene rings is 1. The molecule has 2 aromatic rings. The summed E-state index contributed by atoms with van der Waals surface area (Å²) in [6.45, 7) is 4.70. The molecule has 3 atom stereocenters. The number of pyridine rings is 1. The predicted molar refractivity (Wildman–Crippen MR) is 145 cm³/mol. The molecule has 10 heteroatoms. The van der Waals surface area contributed by atoms with Crippen molar-refractivity contribution < 1.29 is 24.2 Å². The first kappa shape index (κ1) is 28.8. The molecule has 3 rings (SSSR count). The molecule has 1 aliphatic rings. The van der Waals surface area contributed by atoms with Crippen molar-refractivity contribution in [3.63, 3.8) is 0 Å². The van der Waals surface area contributed by atoms with Crippen LogP contribution in [-0.2, 0) is 0 Å². The Balaban J connectivity index is 1.87. The smallest absolute Gasteiger partial charge is 0.321 e. The minimum Gasteiger partial charge on any atom is -0.495 e. The van der Waals surface area contributed by atoms with Gasteiger partial charge in [0, 0.05) is 31.3 Å². The van der Waals surface area contributed by atoms with E-state index < -0.39 is 12.1 Å². The molecule has 0 fully saturated rings. The highest BCUT2D eigenvalue weighted by molar-refractivity contribution is 5.97. The van der Waals surface area contributed by atoms with Gasteiger partial charge in [0.15, 0.2) is 0 Å². The van der Waals surface area contributed by atoms with E-state index in [2.05, 4.69) is 22.1 Å². The van der Waals surface area contributed by atoms with E-state index in [0.717, 1.165) is 0 Å². The monoisotopic (exact) mass is 523 g/mol. The third-order valence-electron chi connectivity index (χ3n) is 6.30. The van der Waals surface area contributed by atoms with Crippen LogP contribution in [0.5, 0.6) is 11.6 Å². The van der Waals surface area contributed by atoms with Crippen molar-refractivity contribution in [2.75, 3.05) is 59.8 Å². The Morgan fingerprint density at radius 1 is 1.34 bits per heavy atom. The second-order valence-electron chi connectivity index (χ2n) is 9.75. The number of nitrogens with zero attached hydrogens (tertiary/aromatic N) is 4. The standard InChI is InChI=1S/C28H37N5O5/c1-19-16-33(20(2)18-34)27(35)22-14-21(10-9-13-31(3)4)15-29-26(22)38-25(19)17-32(5)28(36)30-23-11-7-8-12-24(23)37-6/h7-8,11-12,14-15,19-20,25,34H,13,16-18H2,1-6H3,(H,30,36)/t19-,20+,25-/m1/s1. The average molecular weight is 524 g/mol. The highest BCUT2D eigenvalue weighted by Crippen LogP contribution is 2.28. The number of hydrogen-bond acceptors (Lipinski definition) is 7. The van der Waals surface area contributed by atoms with Gasteiger partial charge in [0.1, 0.15) is 17.4 Å². The Morgan fingerprint density at radius 3 is 2.76 bits per heavy atom. The Morgan fingerprint density at radius 2 is 2.08 bits per heavy atom. The number of aliphatic hydroxyl groups excluding tert-OH is 1. The summed E-state index contributed by atoms with van der Waals surface area (Å²) in [7, 11) is 7.07. The van der Waals surface area contributed by atoms with Crippen molar-refractivity contribution in [1.29, 1.82) is 0 Å². The van der Waals surface area contributed by atoms with Gasteiger partial charge in [-0.05, 0) is 39.2 Å². The number of likely N-dealkylation sites (N-methyl/N-ethyl adjacent to an activating group) is 1. The van der Waals surface area contributed by atoms with Crippen molar-refractivity contribution in [2.45, 2.75) is 26.0 Å². The molecule has 2 N–H and O–H groups in total. The summed E-state index contributed by atoms with van der Waals surface area (Å²) < 4.78 is 11.6. The predicted octanol–water partition coefficient (Wildman–Crippen LogP) is 2.39. The van der Waals surface area contributed by atoms with Gasteiger partial charge in [-0.15, -0.1) is 0 Å². The first-order chi connectivity index (χ1) is 18.1. The maximum atomic E-state index is 13.5. The van der Waals surface area contributed by atoms with Crippen molar-refractivity contribution in [2.24, 2.45) is 5.92 Å². The highest BCUT2D eigenvalue weighted by atomic mass is 16.5. The van der Waals surface area contributed by atoms with Crippen LogP contribution in [0.3, 0.4) is 0 Å². The van der Waals surface area contributed by atoms with Crippen molar-refractivity contribution in [1.82, 2.24) is 19.7 Å². The number of nitrogens with one attached hydrogen (secondary N) is 1. The summed E-state index contributed by atoms with van der Waals surface area (Å²) in [5, 5.41) is 12.7. The third kappa shape index (κ3) is 7.15. The van der Waals surface area contributed by atoms with Gasteiger partial charge in [-0.3, -0.25) is 9.69 Å². The summed E-state index contributed by atoms with van der Waals surface area (Å²) >= 11 is 0. The molecular formula is C28H37N5O5. The second-order valence-corrected chi connectivity index (χ2v) is 9.75. The summed E-state index contributed by atoms with van der Waals surface area (Å²) in [4.78, 5) is 36.1. The molecule has 1 aromatic carbocycles. The van der Waals surface area contributed by atoms with Crippen LogP contribution in [0.1, 0.15) is 29.8 Å². The van der Waals surface area contributed by atoms with Gasteiger partial charge in [0.25, 0.3) is 5.91 Å². The number of carbonyl (C=O) groups excluding carboxylic acids is 2. The van der Waals surface area contributed by atoms with E-state index in [-0.39, 0.29) is 42.5 Å². The maximum Gasteiger partial charge on any atom is 0.321 e. The van der Waals surface area contributed by atoms with Gasteiger partial charge < -0.3 is 29.7 Å². The molecule has 204 valence electrons. The van der Waals surface area contributed by atoms with Crippen LogP contribution in [0.4, 0.5) is 10.5 Å². The Hall–Kier alpha value is -3.81. The molecule has 0 radical (unpaired) electrons. The molecule has 0 saturated heterocycles. The number of methoxy groups -OCH3 is 1. The number of carbonyl (C=O) groups is 2. The third-order valence-corrected chi connectivity index (χ3v) is 6.30. The summed E-state index contributed by atoms with van der Waals surface area (Å²) in [5.74, 6) is 6.38. The largest absolute Gasteiger partial charge is 0.495 e. The van der Waals surface area contributed by atoms with E-state index in [1.807, 2.05) is 38.1 Å². The molecule has 0 saturated carbocycles. The summed E-state index contributed by atoms with van der Waals surface area (Å²) in [6, 6.07) is 8.11. The number of aliphatic hydroxyl groups is 1. The quantitative estimate of drug-likeness (QED) is 0.537. The Kier molecular flexibility index (Phi) is 9.93. The molecule has 0 unspecified atom stereocenters. The lowest BCUT2D eigenvalue weighted by molar-refractivity contribution is 0.0356. The Labute approximate surface area is 224 Å². The summed E-state index contributed by atoms with van der Waals surface area (Å²) in [5.41, 5.74) is 1.43. The van der Waals surface area contributed by atoms with Crippen molar-refractivity contribution in [3.8, 4) is 23.5 Å². The fourth-order valence-corrected chi connectivity index (χ4v) is 4.00. The SMILES string of the molecule is COc1ccccc1NC(=O)N(C)C[C@H]1Oc2ncc(C#CCN(C)C)cc2C(=O)N([C@@H](C)CO)C[C@H]1C. The first-order valence-electron chi connectivity index (χ1n) is 12.5. The molecule has 3 amide bonds. The van der Waals surface area contributed by atoms with Crippen LogP contribution >= 0.6 is 0 Å². The van der Waals surface area contributed by atoms with Crippen LogP contribution in [0, 0.1) is 17.8 Å². The van der Waals surface area contributed by atoms with Crippen LogP contribution in [-0.4, -0.2) is 103 Å². The number of fused-ring (bicyclic) bond motifs is 1.